The van der Waals surface area contributed by atoms with Crippen molar-refractivity contribution in [1.29, 1.82) is 0 Å². The Balaban J connectivity index is 1.92. The summed E-state index contributed by atoms with van der Waals surface area (Å²) in [4.78, 5) is 11.1. The second-order valence-electron chi connectivity index (χ2n) is 6.40. The number of carbonyl (C=O) groups is 1. The molecule has 0 aromatic heterocycles. The summed E-state index contributed by atoms with van der Waals surface area (Å²) in [5.41, 5.74) is 5.33. The summed E-state index contributed by atoms with van der Waals surface area (Å²) in [7, 11) is 0. The SMILES string of the molecule is CC(=O)NCCC1c2c3c(cc(C)c2NC1C)OC(C)C3. The lowest BCUT2D eigenvalue weighted by Gasteiger charge is -2.18. The highest BCUT2D eigenvalue weighted by Gasteiger charge is 2.36. The third-order valence-corrected chi connectivity index (χ3v) is 4.63. The van der Waals surface area contributed by atoms with Crippen LogP contribution in [0.5, 0.6) is 5.75 Å². The number of benzene rings is 1. The van der Waals surface area contributed by atoms with Crippen molar-refractivity contribution in [2.75, 3.05) is 11.9 Å². The Morgan fingerprint density at radius 2 is 2.24 bits per heavy atom. The van der Waals surface area contributed by atoms with Gasteiger partial charge >= 0.3 is 0 Å². The lowest BCUT2D eigenvalue weighted by molar-refractivity contribution is -0.118. The van der Waals surface area contributed by atoms with Crippen LogP contribution in [0.1, 0.15) is 49.8 Å². The van der Waals surface area contributed by atoms with E-state index in [0.29, 0.717) is 12.0 Å². The standard InChI is InChI=1S/C17H24N2O2/c1-9-7-15-14(8-10(2)21-15)16-13(5-6-18-12(4)20)11(3)19-17(9)16/h7,10-11,13,19H,5-6,8H2,1-4H3,(H,18,20). The van der Waals surface area contributed by atoms with E-state index in [4.69, 9.17) is 4.74 Å². The molecular weight excluding hydrogens is 264 g/mol. The Morgan fingerprint density at radius 3 is 2.95 bits per heavy atom. The van der Waals surface area contributed by atoms with Gasteiger partial charge in [0.05, 0.1) is 0 Å². The fourth-order valence-electron chi connectivity index (χ4n) is 3.69. The number of hydrogen-bond acceptors (Lipinski definition) is 3. The van der Waals surface area contributed by atoms with Crippen LogP contribution in [0, 0.1) is 6.92 Å². The molecule has 0 aliphatic carbocycles. The normalized spacial score (nSPS) is 25.8. The van der Waals surface area contributed by atoms with Gasteiger partial charge in [-0.25, -0.2) is 0 Å². The molecule has 4 nitrogen and oxygen atoms in total. The van der Waals surface area contributed by atoms with E-state index in [1.807, 2.05) is 0 Å². The van der Waals surface area contributed by atoms with Gasteiger partial charge in [-0.3, -0.25) is 4.79 Å². The summed E-state index contributed by atoms with van der Waals surface area (Å²) < 4.78 is 5.94. The summed E-state index contributed by atoms with van der Waals surface area (Å²) in [5.74, 6) is 1.54. The molecule has 1 aromatic carbocycles. The molecule has 0 fully saturated rings. The zero-order chi connectivity index (χ0) is 15.1. The topological polar surface area (TPSA) is 50.4 Å². The number of fused-ring (bicyclic) bond motifs is 3. The third-order valence-electron chi connectivity index (χ3n) is 4.63. The van der Waals surface area contributed by atoms with E-state index in [1.54, 1.807) is 6.92 Å². The molecular formula is C17H24N2O2. The Bertz CT molecular complexity index is 583. The maximum absolute atomic E-state index is 11.1. The van der Waals surface area contributed by atoms with Crippen LogP contribution in [-0.2, 0) is 11.2 Å². The molecule has 3 unspecified atom stereocenters. The molecule has 0 spiro atoms. The van der Waals surface area contributed by atoms with Gasteiger partial charge in [0.25, 0.3) is 0 Å². The third kappa shape index (κ3) is 2.47. The Hall–Kier alpha value is -1.71. The van der Waals surface area contributed by atoms with Crippen molar-refractivity contribution < 1.29 is 9.53 Å². The molecule has 0 saturated heterocycles. The lowest BCUT2D eigenvalue weighted by Crippen LogP contribution is -2.25. The Morgan fingerprint density at radius 1 is 1.48 bits per heavy atom. The van der Waals surface area contributed by atoms with Crippen molar-refractivity contribution in [2.24, 2.45) is 0 Å². The van der Waals surface area contributed by atoms with Gasteiger partial charge in [-0.2, -0.15) is 0 Å². The van der Waals surface area contributed by atoms with Gasteiger partial charge < -0.3 is 15.4 Å². The zero-order valence-electron chi connectivity index (χ0n) is 13.2. The van der Waals surface area contributed by atoms with E-state index < -0.39 is 0 Å². The van der Waals surface area contributed by atoms with Crippen LogP contribution in [-0.4, -0.2) is 24.6 Å². The van der Waals surface area contributed by atoms with Crippen molar-refractivity contribution in [3.05, 3.63) is 22.8 Å². The van der Waals surface area contributed by atoms with E-state index in [-0.39, 0.29) is 12.0 Å². The first-order valence-corrected chi connectivity index (χ1v) is 7.81. The summed E-state index contributed by atoms with van der Waals surface area (Å²) in [6.45, 7) is 8.79. The molecule has 2 N–H and O–H groups in total. The second-order valence-corrected chi connectivity index (χ2v) is 6.40. The average molecular weight is 288 g/mol. The minimum atomic E-state index is 0.0419. The molecule has 2 heterocycles. The van der Waals surface area contributed by atoms with Crippen molar-refractivity contribution >= 4 is 11.6 Å². The van der Waals surface area contributed by atoms with Crippen molar-refractivity contribution in [2.45, 2.75) is 58.6 Å². The fourth-order valence-corrected chi connectivity index (χ4v) is 3.69. The van der Waals surface area contributed by atoms with Gasteiger partial charge in [-0.1, -0.05) is 0 Å². The molecule has 0 radical (unpaired) electrons. The van der Waals surface area contributed by atoms with Crippen LogP contribution in [0.25, 0.3) is 0 Å². The summed E-state index contributed by atoms with van der Waals surface area (Å²) in [6.07, 6.45) is 2.21. The Labute approximate surface area is 126 Å². The van der Waals surface area contributed by atoms with Crippen molar-refractivity contribution in [3.8, 4) is 5.75 Å². The molecule has 3 atom stereocenters. The highest BCUT2D eigenvalue weighted by atomic mass is 16.5. The lowest BCUT2D eigenvalue weighted by atomic mass is 9.87. The van der Waals surface area contributed by atoms with Crippen LogP contribution < -0.4 is 15.4 Å². The number of amides is 1. The minimum Gasteiger partial charge on any atom is -0.490 e. The van der Waals surface area contributed by atoms with Gasteiger partial charge in [0.1, 0.15) is 11.9 Å². The maximum Gasteiger partial charge on any atom is 0.216 e. The maximum atomic E-state index is 11.1. The van der Waals surface area contributed by atoms with Crippen LogP contribution >= 0.6 is 0 Å². The largest absolute Gasteiger partial charge is 0.490 e. The van der Waals surface area contributed by atoms with Gasteiger partial charge in [-0.05, 0) is 44.4 Å². The van der Waals surface area contributed by atoms with Crippen molar-refractivity contribution in [3.63, 3.8) is 0 Å². The van der Waals surface area contributed by atoms with E-state index in [2.05, 4.69) is 37.5 Å². The molecule has 2 aliphatic heterocycles. The molecule has 1 aromatic rings. The number of ether oxygens (including phenoxy) is 1. The molecule has 21 heavy (non-hydrogen) atoms. The zero-order valence-corrected chi connectivity index (χ0v) is 13.2. The molecule has 0 saturated carbocycles. The van der Waals surface area contributed by atoms with Gasteiger partial charge in [0.2, 0.25) is 5.91 Å². The summed E-state index contributed by atoms with van der Waals surface area (Å²) >= 11 is 0. The molecule has 0 bridgehead atoms. The quantitative estimate of drug-likeness (QED) is 0.899. The molecule has 3 rings (SSSR count). The number of rotatable bonds is 3. The highest BCUT2D eigenvalue weighted by Crippen LogP contribution is 2.47. The van der Waals surface area contributed by atoms with Gasteiger partial charge in [0, 0.05) is 43.1 Å². The van der Waals surface area contributed by atoms with E-state index in [9.17, 15) is 4.79 Å². The number of anilines is 1. The minimum absolute atomic E-state index is 0.0419. The first-order valence-electron chi connectivity index (χ1n) is 7.81. The predicted octanol–water partition coefficient (Wildman–Crippen LogP) is 2.74. The molecule has 4 heteroatoms. The van der Waals surface area contributed by atoms with E-state index >= 15 is 0 Å². The predicted molar refractivity (Wildman–Crippen MR) is 84.1 cm³/mol. The molecule has 2 aliphatic rings. The van der Waals surface area contributed by atoms with E-state index in [0.717, 1.165) is 25.1 Å². The van der Waals surface area contributed by atoms with Crippen molar-refractivity contribution in [1.82, 2.24) is 5.32 Å². The first kappa shape index (κ1) is 14.2. The van der Waals surface area contributed by atoms with E-state index in [1.165, 1.54) is 22.4 Å². The average Bonchev–Trinajstić information content (AvgIpc) is 2.90. The monoisotopic (exact) mass is 288 g/mol. The fraction of sp³-hybridized carbons (Fsp3) is 0.588. The van der Waals surface area contributed by atoms with Crippen LogP contribution in [0.15, 0.2) is 6.07 Å². The first-order chi connectivity index (χ1) is 9.97. The Kier molecular flexibility index (Phi) is 3.56. The summed E-state index contributed by atoms with van der Waals surface area (Å²) in [5, 5.41) is 6.55. The van der Waals surface area contributed by atoms with Crippen LogP contribution in [0.2, 0.25) is 0 Å². The number of nitrogens with one attached hydrogen (secondary N) is 2. The highest BCUT2D eigenvalue weighted by molar-refractivity contribution is 5.73. The number of aryl methyl sites for hydroxylation is 1. The number of hydrogen-bond donors (Lipinski definition) is 2. The summed E-state index contributed by atoms with van der Waals surface area (Å²) in [6, 6.07) is 2.56. The van der Waals surface area contributed by atoms with Crippen LogP contribution in [0.3, 0.4) is 0 Å². The number of carbonyl (C=O) groups excluding carboxylic acids is 1. The van der Waals surface area contributed by atoms with Crippen LogP contribution in [0.4, 0.5) is 5.69 Å². The second kappa shape index (κ2) is 5.24. The smallest absolute Gasteiger partial charge is 0.216 e. The molecule has 114 valence electrons. The molecule has 1 amide bonds. The van der Waals surface area contributed by atoms with Gasteiger partial charge in [0.15, 0.2) is 0 Å². The van der Waals surface area contributed by atoms with Gasteiger partial charge in [-0.15, -0.1) is 0 Å².